The summed E-state index contributed by atoms with van der Waals surface area (Å²) in [6.07, 6.45) is 2.13. The van der Waals surface area contributed by atoms with Crippen LogP contribution in [0.3, 0.4) is 0 Å². The molecule has 2 rings (SSSR count). The van der Waals surface area contributed by atoms with Crippen LogP contribution in [0, 0.1) is 0 Å². The molecule has 1 saturated heterocycles. The molecule has 1 unspecified atom stereocenters. The van der Waals surface area contributed by atoms with Crippen molar-refractivity contribution in [1.82, 2.24) is 10.2 Å². The highest BCUT2D eigenvalue weighted by atomic mass is 16.2. The minimum Gasteiger partial charge on any atom is -0.347 e. The Labute approximate surface area is 145 Å². The van der Waals surface area contributed by atoms with E-state index in [1.807, 2.05) is 63.1 Å². The van der Waals surface area contributed by atoms with Gasteiger partial charge in [-0.3, -0.25) is 9.59 Å². The molecular formula is C19H30N3O2+. The Hall–Kier alpha value is -1.88. The summed E-state index contributed by atoms with van der Waals surface area (Å²) in [7, 11) is 1.92. The summed E-state index contributed by atoms with van der Waals surface area (Å²) in [6, 6.07) is 9.45. The van der Waals surface area contributed by atoms with E-state index in [0.29, 0.717) is 0 Å². The van der Waals surface area contributed by atoms with Crippen LogP contribution in [0.25, 0.3) is 0 Å². The van der Waals surface area contributed by atoms with E-state index >= 15 is 0 Å². The van der Waals surface area contributed by atoms with Crippen LogP contribution in [0.5, 0.6) is 0 Å². The number of amides is 2. The van der Waals surface area contributed by atoms with Gasteiger partial charge in [0.1, 0.15) is 0 Å². The Kier molecular flexibility index (Phi) is 5.99. The monoisotopic (exact) mass is 332 g/mol. The molecule has 2 atom stereocenters. The fourth-order valence-corrected chi connectivity index (χ4v) is 3.22. The summed E-state index contributed by atoms with van der Waals surface area (Å²) < 4.78 is 0. The molecular weight excluding hydrogens is 302 g/mol. The minimum atomic E-state index is -0.338. The second-order valence-corrected chi connectivity index (χ2v) is 7.70. The highest BCUT2D eigenvalue weighted by Gasteiger charge is 2.35. The van der Waals surface area contributed by atoms with Gasteiger partial charge in [0.25, 0.3) is 11.8 Å². The summed E-state index contributed by atoms with van der Waals surface area (Å²) in [5.74, 6) is 0.0925. The van der Waals surface area contributed by atoms with Gasteiger partial charge in [-0.05, 0) is 33.6 Å². The van der Waals surface area contributed by atoms with Crippen LogP contribution in [0.1, 0.15) is 45.2 Å². The number of likely N-dealkylation sites (tertiary alicyclic amines) is 1. The maximum atomic E-state index is 13.0. The molecule has 0 aromatic heterocycles. The number of rotatable bonds is 5. The van der Waals surface area contributed by atoms with Crippen LogP contribution >= 0.6 is 0 Å². The normalized spacial score (nSPS) is 17.4. The number of hydrogen-bond donors (Lipinski definition) is 2. The molecule has 0 bridgehead atoms. The van der Waals surface area contributed by atoms with Crippen LogP contribution < -0.4 is 10.2 Å². The molecule has 2 amide bonds. The van der Waals surface area contributed by atoms with E-state index in [4.69, 9.17) is 0 Å². The number of nitrogens with one attached hydrogen (secondary N) is 2. The molecule has 5 heteroatoms. The third-order valence-electron chi connectivity index (χ3n) is 4.24. The van der Waals surface area contributed by atoms with E-state index in [1.165, 1.54) is 0 Å². The van der Waals surface area contributed by atoms with Gasteiger partial charge in [0.2, 0.25) is 0 Å². The van der Waals surface area contributed by atoms with Crippen molar-refractivity contribution in [2.45, 2.75) is 45.2 Å². The van der Waals surface area contributed by atoms with Gasteiger partial charge in [0.05, 0.1) is 7.05 Å². The van der Waals surface area contributed by atoms with Crippen LogP contribution in [0.15, 0.2) is 30.3 Å². The molecule has 1 aliphatic heterocycles. The Bertz CT molecular complexity index is 560. The van der Waals surface area contributed by atoms with Gasteiger partial charge in [-0.2, -0.15) is 0 Å². The fourth-order valence-electron chi connectivity index (χ4n) is 3.22. The first-order valence-corrected chi connectivity index (χ1v) is 8.75. The van der Waals surface area contributed by atoms with Crippen molar-refractivity contribution >= 4 is 11.8 Å². The highest BCUT2D eigenvalue weighted by Crippen LogP contribution is 2.16. The van der Waals surface area contributed by atoms with E-state index in [9.17, 15) is 9.59 Å². The predicted molar refractivity (Wildman–Crippen MR) is 94.6 cm³/mol. The topological polar surface area (TPSA) is 53.9 Å². The molecule has 0 radical (unpaired) electrons. The molecule has 1 aliphatic rings. The molecule has 5 nitrogen and oxygen atoms in total. The third-order valence-corrected chi connectivity index (χ3v) is 4.24. The Morgan fingerprint density at radius 2 is 1.75 bits per heavy atom. The number of carbonyl (C=O) groups excluding carboxylic acids is 2. The van der Waals surface area contributed by atoms with Crippen molar-refractivity contribution in [3.8, 4) is 0 Å². The number of hydrogen-bond acceptors (Lipinski definition) is 2. The SMILES string of the molecule is C[NH+](CC(=O)NC(C)(C)C)[C@@H](C(=O)N1CCCC1)c1ccccc1. The molecule has 24 heavy (non-hydrogen) atoms. The first-order chi connectivity index (χ1) is 11.3. The summed E-state index contributed by atoms with van der Waals surface area (Å²) in [4.78, 5) is 28.2. The first-order valence-electron chi connectivity index (χ1n) is 8.75. The zero-order valence-corrected chi connectivity index (χ0v) is 15.3. The Balaban J connectivity index is 2.15. The second kappa shape index (κ2) is 7.79. The smallest absolute Gasteiger partial charge is 0.285 e. The maximum Gasteiger partial charge on any atom is 0.285 e. The van der Waals surface area contributed by atoms with Gasteiger partial charge in [-0.15, -0.1) is 0 Å². The number of nitrogens with zero attached hydrogens (tertiary/aromatic N) is 1. The molecule has 1 fully saturated rings. The van der Waals surface area contributed by atoms with E-state index in [-0.39, 0.29) is 29.9 Å². The lowest BCUT2D eigenvalue weighted by Crippen LogP contribution is -3.11. The van der Waals surface area contributed by atoms with Crippen LogP contribution in [0.4, 0.5) is 0 Å². The van der Waals surface area contributed by atoms with Crippen molar-refractivity contribution in [3.05, 3.63) is 35.9 Å². The molecule has 0 aliphatic carbocycles. The Morgan fingerprint density at radius 3 is 2.29 bits per heavy atom. The van der Waals surface area contributed by atoms with Gasteiger partial charge in [-0.1, -0.05) is 30.3 Å². The zero-order chi connectivity index (χ0) is 17.7. The minimum absolute atomic E-state index is 0.0323. The molecule has 0 spiro atoms. The molecule has 132 valence electrons. The van der Waals surface area contributed by atoms with Crippen molar-refractivity contribution in [2.75, 3.05) is 26.7 Å². The van der Waals surface area contributed by atoms with E-state index in [1.54, 1.807) is 0 Å². The van der Waals surface area contributed by atoms with Gasteiger partial charge >= 0.3 is 0 Å². The molecule has 0 saturated carbocycles. The van der Waals surface area contributed by atoms with Gasteiger partial charge in [-0.25, -0.2) is 0 Å². The second-order valence-electron chi connectivity index (χ2n) is 7.70. The highest BCUT2D eigenvalue weighted by molar-refractivity contribution is 5.83. The van der Waals surface area contributed by atoms with Crippen LogP contribution in [-0.4, -0.2) is 48.9 Å². The average Bonchev–Trinajstić information content (AvgIpc) is 3.00. The summed E-state index contributed by atoms with van der Waals surface area (Å²) in [5, 5.41) is 2.98. The average molecular weight is 332 g/mol. The summed E-state index contributed by atoms with van der Waals surface area (Å²) >= 11 is 0. The van der Waals surface area contributed by atoms with Crippen LogP contribution in [0.2, 0.25) is 0 Å². The predicted octanol–water partition coefficient (Wildman–Crippen LogP) is 0.780. The maximum absolute atomic E-state index is 13.0. The number of carbonyl (C=O) groups is 2. The fraction of sp³-hybridized carbons (Fsp3) is 0.579. The quantitative estimate of drug-likeness (QED) is 0.837. The lowest BCUT2D eigenvalue weighted by Gasteiger charge is -2.29. The molecule has 1 aromatic carbocycles. The van der Waals surface area contributed by atoms with Gasteiger partial charge in [0, 0.05) is 24.2 Å². The van der Waals surface area contributed by atoms with Gasteiger partial charge in [0.15, 0.2) is 12.6 Å². The largest absolute Gasteiger partial charge is 0.347 e. The number of likely N-dealkylation sites (N-methyl/N-ethyl adjacent to an activating group) is 1. The van der Waals surface area contributed by atoms with Crippen molar-refractivity contribution in [3.63, 3.8) is 0 Å². The number of quaternary nitrogens is 1. The first kappa shape index (κ1) is 18.5. The standard InChI is InChI=1S/C19H29N3O2/c1-19(2,3)20-16(23)14-21(4)17(15-10-6-5-7-11-15)18(24)22-12-8-9-13-22/h5-7,10-11,17H,8-9,12-14H2,1-4H3,(H,20,23)/p+1/t17-/m1/s1. The van der Waals surface area contributed by atoms with Crippen molar-refractivity contribution in [2.24, 2.45) is 0 Å². The lowest BCUT2D eigenvalue weighted by atomic mass is 10.0. The molecule has 1 aromatic rings. The van der Waals surface area contributed by atoms with E-state index < -0.39 is 0 Å². The van der Waals surface area contributed by atoms with E-state index in [0.717, 1.165) is 36.4 Å². The zero-order valence-electron chi connectivity index (χ0n) is 15.3. The summed E-state index contributed by atoms with van der Waals surface area (Å²) in [6.45, 7) is 7.81. The summed E-state index contributed by atoms with van der Waals surface area (Å²) in [5.41, 5.74) is 0.703. The third kappa shape index (κ3) is 5.06. The van der Waals surface area contributed by atoms with Crippen molar-refractivity contribution in [1.29, 1.82) is 0 Å². The van der Waals surface area contributed by atoms with Crippen molar-refractivity contribution < 1.29 is 14.5 Å². The van der Waals surface area contributed by atoms with E-state index in [2.05, 4.69) is 5.32 Å². The van der Waals surface area contributed by atoms with Crippen LogP contribution in [-0.2, 0) is 9.59 Å². The van der Waals surface area contributed by atoms with Gasteiger partial charge < -0.3 is 15.1 Å². The molecule has 1 heterocycles. The molecule has 2 N–H and O–H groups in total. The number of benzene rings is 1. The Morgan fingerprint density at radius 1 is 1.17 bits per heavy atom. The lowest BCUT2D eigenvalue weighted by molar-refractivity contribution is -0.894.